The maximum Gasteiger partial charge on any atom is 0.292 e. The monoisotopic (exact) mass is 287 g/mol. The highest BCUT2D eigenvalue weighted by Gasteiger charge is 2.17. The van der Waals surface area contributed by atoms with Gasteiger partial charge >= 0.3 is 0 Å². The second kappa shape index (κ2) is 7.37. The number of anilines is 1. The van der Waals surface area contributed by atoms with E-state index in [0.717, 1.165) is 6.42 Å². The van der Waals surface area contributed by atoms with E-state index in [1.54, 1.807) is 0 Å². The van der Waals surface area contributed by atoms with E-state index in [2.05, 4.69) is 5.32 Å². The lowest BCUT2D eigenvalue weighted by molar-refractivity contribution is -0.384. The molecule has 0 radical (unpaired) electrons. The summed E-state index contributed by atoms with van der Waals surface area (Å²) in [6, 6.07) is 3.69. The van der Waals surface area contributed by atoms with Crippen molar-refractivity contribution in [1.82, 2.24) is 5.32 Å². The van der Waals surface area contributed by atoms with Crippen molar-refractivity contribution in [2.75, 3.05) is 18.4 Å². The van der Waals surface area contributed by atoms with Gasteiger partial charge in [0.05, 0.1) is 11.5 Å². The first-order valence-electron chi connectivity index (χ1n) is 6.04. The summed E-state index contributed by atoms with van der Waals surface area (Å²) in [5, 5.41) is 15.7. The molecule has 0 aromatic heterocycles. The van der Waals surface area contributed by atoms with Gasteiger partial charge in [0.15, 0.2) is 0 Å². The third-order valence-electron chi connectivity index (χ3n) is 2.44. The van der Waals surface area contributed by atoms with Crippen LogP contribution in [0.25, 0.3) is 0 Å². The number of hydrogen-bond acceptors (Lipinski definition) is 4. The number of nitrogens with one attached hydrogen (secondary N) is 2. The van der Waals surface area contributed by atoms with Gasteiger partial charge in [-0.1, -0.05) is 6.92 Å². The van der Waals surface area contributed by atoms with Gasteiger partial charge in [-0.15, -0.1) is 0 Å². The number of benzene rings is 1. The zero-order valence-corrected chi connectivity index (χ0v) is 10.9. The SMILES string of the molecule is CCCNc1cc(C(=O)NCC(F)F)ccc1[N+](=O)[O-]. The maximum atomic E-state index is 12.0. The lowest BCUT2D eigenvalue weighted by atomic mass is 10.1. The number of carbonyl (C=O) groups excluding carboxylic acids is 1. The summed E-state index contributed by atoms with van der Waals surface area (Å²) in [4.78, 5) is 21.9. The molecule has 2 N–H and O–H groups in total. The fourth-order valence-electron chi connectivity index (χ4n) is 1.51. The van der Waals surface area contributed by atoms with E-state index < -0.39 is 23.8 Å². The highest BCUT2D eigenvalue weighted by Crippen LogP contribution is 2.25. The summed E-state index contributed by atoms with van der Waals surface area (Å²) in [5.41, 5.74) is 0.125. The van der Waals surface area contributed by atoms with Crippen LogP contribution in [0, 0.1) is 10.1 Å². The fourth-order valence-corrected chi connectivity index (χ4v) is 1.51. The van der Waals surface area contributed by atoms with Gasteiger partial charge in [0.2, 0.25) is 0 Å². The molecule has 1 aromatic carbocycles. The highest BCUT2D eigenvalue weighted by molar-refractivity contribution is 5.95. The molecule has 0 aliphatic rings. The zero-order chi connectivity index (χ0) is 15.1. The van der Waals surface area contributed by atoms with E-state index in [0.29, 0.717) is 6.54 Å². The van der Waals surface area contributed by atoms with Gasteiger partial charge in [-0.05, 0) is 18.6 Å². The third-order valence-corrected chi connectivity index (χ3v) is 2.44. The van der Waals surface area contributed by atoms with E-state index in [-0.39, 0.29) is 16.9 Å². The largest absolute Gasteiger partial charge is 0.379 e. The predicted octanol–water partition coefficient (Wildman–Crippen LogP) is 2.41. The Hall–Kier alpha value is -2.25. The van der Waals surface area contributed by atoms with Gasteiger partial charge in [0.1, 0.15) is 5.69 Å². The maximum absolute atomic E-state index is 12.0. The summed E-state index contributed by atoms with van der Waals surface area (Å²) in [6.45, 7) is 1.63. The van der Waals surface area contributed by atoms with Crippen molar-refractivity contribution >= 4 is 17.3 Å². The minimum atomic E-state index is -2.64. The number of carbonyl (C=O) groups is 1. The number of rotatable bonds is 7. The molecular formula is C12H15F2N3O3. The molecule has 8 heteroatoms. The first-order valence-corrected chi connectivity index (χ1v) is 6.04. The molecule has 1 aromatic rings. The molecule has 1 rings (SSSR count). The van der Waals surface area contributed by atoms with Crippen molar-refractivity contribution in [3.05, 3.63) is 33.9 Å². The number of nitrogens with zero attached hydrogens (tertiary/aromatic N) is 1. The van der Waals surface area contributed by atoms with Crippen LogP contribution in [-0.2, 0) is 0 Å². The molecule has 0 atom stereocenters. The van der Waals surface area contributed by atoms with Gasteiger partial charge in [0, 0.05) is 18.2 Å². The van der Waals surface area contributed by atoms with Gasteiger partial charge in [0.25, 0.3) is 18.0 Å². The van der Waals surface area contributed by atoms with Crippen LogP contribution >= 0.6 is 0 Å². The Bertz CT molecular complexity index is 495. The van der Waals surface area contributed by atoms with E-state index in [9.17, 15) is 23.7 Å². The smallest absolute Gasteiger partial charge is 0.292 e. The average Bonchev–Trinajstić information content (AvgIpc) is 2.41. The molecule has 0 unspecified atom stereocenters. The molecule has 0 heterocycles. The van der Waals surface area contributed by atoms with Crippen LogP contribution in [-0.4, -0.2) is 30.3 Å². The minimum Gasteiger partial charge on any atom is -0.379 e. The third kappa shape index (κ3) is 4.45. The predicted molar refractivity (Wildman–Crippen MR) is 70.2 cm³/mol. The van der Waals surface area contributed by atoms with Crippen LogP contribution in [0.1, 0.15) is 23.7 Å². The second-order valence-electron chi connectivity index (χ2n) is 4.02. The van der Waals surface area contributed by atoms with Crippen molar-refractivity contribution in [2.24, 2.45) is 0 Å². The van der Waals surface area contributed by atoms with E-state index in [4.69, 9.17) is 0 Å². The van der Waals surface area contributed by atoms with Crippen LogP contribution < -0.4 is 10.6 Å². The molecule has 0 aliphatic carbocycles. The van der Waals surface area contributed by atoms with Gasteiger partial charge in [-0.25, -0.2) is 8.78 Å². The van der Waals surface area contributed by atoms with Crippen LogP contribution in [0.4, 0.5) is 20.2 Å². The van der Waals surface area contributed by atoms with Crippen molar-refractivity contribution in [3.63, 3.8) is 0 Å². The Labute approximate surface area is 114 Å². The van der Waals surface area contributed by atoms with Crippen LogP contribution in [0.3, 0.4) is 0 Å². The van der Waals surface area contributed by atoms with E-state index in [1.807, 2.05) is 12.2 Å². The quantitative estimate of drug-likeness (QED) is 0.596. The molecule has 6 nitrogen and oxygen atoms in total. The van der Waals surface area contributed by atoms with Gasteiger partial charge in [-0.3, -0.25) is 14.9 Å². The molecular weight excluding hydrogens is 272 g/mol. The van der Waals surface area contributed by atoms with E-state index >= 15 is 0 Å². The second-order valence-corrected chi connectivity index (χ2v) is 4.02. The average molecular weight is 287 g/mol. The van der Waals surface area contributed by atoms with Gasteiger partial charge < -0.3 is 10.6 Å². The van der Waals surface area contributed by atoms with Crippen LogP contribution in [0.2, 0.25) is 0 Å². The van der Waals surface area contributed by atoms with Crippen LogP contribution in [0.15, 0.2) is 18.2 Å². The number of alkyl halides is 2. The molecule has 0 fully saturated rings. The Balaban J connectivity index is 2.93. The molecule has 0 bridgehead atoms. The first-order chi connectivity index (χ1) is 9.45. The van der Waals surface area contributed by atoms with Gasteiger partial charge in [-0.2, -0.15) is 0 Å². The number of amides is 1. The summed E-state index contributed by atoms with van der Waals surface area (Å²) in [5.74, 6) is -0.695. The lowest BCUT2D eigenvalue weighted by Crippen LogP contribution is -2.28. The summed E-state index contributed by atoms with van der Waals surface area (Å²) in [7, 11) is 0. The topological polar surface area (TPSA) is 84.3 Å². The number of halogens is 2. The number of hydrogen-bond donors (Lipinski definition) is 2. The molecule has 110 valence electrons. The molecule has 0 spiro atoms. The zero-order valence-electron chi connectivity index (χ0n) is 10.9. The Morgan fingerprint density at radius 1 is 1.45 bits per heavy atom. The summed E-state index contributed by atoms with van der Waals surface area (Å²) < 4.78 is 24.0. The molecule has 20 heavy (non-hydrogen) atoms. The number of nitro groups is 1. The normalized spacial score (nSPS) is 10.4. The molecule has 1 amide bonds. The molecule has 0 saturated carbocycles. The standard InChI is InChI=1S/C12H15F2N3O3/c1-2-5-15-9-6-8(3-4-10(9)17(19)20)12(18)16-7-11(13)14/h3-4,6,11,15H,2,5,7H2,1H3,(H,16,18). The van der Waals surface area contributed by atoms with Crippen LogP contribution in [0.5, 0.6) is 0 Å². The molecule has 0 aliphatic heterocycles. The van der Waals surface area contributed by atoms with Crippen molar-refractivity contribution < 1.29 is 18.5 Å². The first kappa shape index (κ1) is 15.8. The fraction of sp³-hybridized carbons (Fsp3) is 0.417. The van der Waals surface area contributed by atoms with Crippen molar-refractivity contribution in [3.8, 4) is 0 Å². The Kier molecular flexibility index (Phi) is 5.82. The summed E-state index contributed by atoms with van der Waals surface area (Å²) in [6.07, 6.45) is -1.89. The Morgan fingerprint density at radius 3 is 2.70 bits per heavy atom. The van der Waals surface area contributed by atoms with E-state index in [1.165, 1.54) is 18.2 Å². The Morgan fingerprint density at radius 2 is 2.15 bits per heavy atom. The summed E-state index contributed by atoms with van der Waals surface area (Å²) >= 11 is 0. The lowest BCUT2D eigenvalue weighted by Gasteiger charge is -2.09. The van der Waals surface area contributed by atoms with Crippen molar-refractivity contribution in [2.45, 2.75) is 19.8 Å². The van der Waals surface area contributed by atoms with Crippen molar-refractivity contribution in [1.29, 1.82) is 0 Å². The highest BCUT2D eigenvalue weighted by atomic mass is 19.3. The minimum absolute atomic E-state index is 0.0925. The number of nitro benzene ring substituents is 1. The molecule has 0 saturated heterocycles.